The maximum Gasteiger partial charge on any atom is -0.0351 e. The van der Waals surface area contributed by atoms with Gasteiger partial charge in [0.15, 0.2) is 0 Å². The first-order valence-corrected chi connectivity index (χ1v) is 9.30. The predicted octanol–water partition coefficient (Wildman–Crippen LogP) is 7.35. The van der Waals surface area contributed by atoms with Gasteiger partial charge in [-0.25, -0.2) is 0 Å². The van der Waals surface area contributed by atoms with E-state index in [9.17, 15) is 0 Å². The molecule has 1 rings (SSSR count). The van der Waals surface area contributed by atoms with Gasteiger partial charge in [0.1, 0.15) is 0 Å². The quantitative estimate of drug-likeness (QED) is 0.405. The van der Waals surface area contributed by atoms with Crippen molar-refractivity contribution in [2.75, 3.05) is 0 Å². The van der Waals surface area contributed by atoms with E-state index >= 15 is 0 Å². The number of rotatable bonds is 0. The fourth-order valence-corrected chi connectivity index (χ4v) is 2.93. The molecule has 1 aliphatic carbocycles. The van der Waals surface area contributed by atoms with Gasteiger partial charge in [0.2, 0.25) is 0 Å². The fraction of sp³-hybridized carbons (Fsp3) is 0.800. The Morgan fingerprint density at radius 3 is 0.700 bits per heavy atom. The maximum atomic E-state index is 2.42. The first kappa shape index (κ1) is 17.5. The summed E-state index contributed by atoms with van der Waals surface area (Å²) in [5, 5.41) is 0. The average Bonchev–Trinajstić information content (AvgIpc) is 2.46. The van der Waals surface area contributed by atoms with Crippen molar-refractivity contribution in [3.63, 3.8) is 0 Å². The number of hydrogen-bond acceptors (Lipinski definition) is 0. The highest BCUT2D eigenvalue weighted by atomic mass is 14.0. The van der Waals surface area contributed by atoms with Crippen LogP contribution in [0.25, 0.3) is 0 Å². The van der Waals surface area contributed by atoms with Crippen molar-refractivity contribution in [1.82, 2.24) is 0 Å². The molecule has 0 N–H and O–H groups in total. The molecule has 0 spiro atoms. The summed E-state index contributed by atoms with van der Waals surface area (Å²) in [6.07, 6.45) is 32.0. The van der Waals surface area contributed by atoms with Gasteiger partial charge < -0.3 is 0 Å². The van der Waals surface area contributed by atoms with Crippen molar-refractivity contribution < 1.29 is 0 Å². The van der Waals surface area contributed by atoms with Crippen LogP contribution in [0.2, 0.25) is 0 Å². The van der Waals surface area contributed by atoms with Crippen LogP contribution >= 0.6 is 0 Å². The van der Waals surface area contributed by atoms with Gasteiger partial charge in [0, 0.05) is 0 Å². The van der Waals surface area contributed by atoms with Crippen LogP contribution in [0.15, 0.2) is 24.3 Å². The topological polar surface area (TPSA) is 0 Å². The van der Waals surface area contributed by atoms with Gasteiger partial charge in [0.05, 0.1) is 0 Å². The Labute approximate surface area is 127 Å². The van der Waals surface area contributed by atoms with E-state index in [1.165, 1.54) is 103 Å². The molecule has 0 unspecified atom stereocenters. The van der Waals surface area contributed by atoms with Crippen molar-refractivity contribution in [3.05, 3.63) is 24.3 Å². The van der Waals surface area contributed by atoms with Gasteiger partial charge in [-0.2, -0.15) is 0 Å². The van der Waals surface area contributed by atoms with Crippen molar-refractivity contribution >= 4 is 0 Å². The standard InChI is InChI=1S/C20H36/c1-2-4-6-8-10-12-14-16-18-20-19-17-15-13-11-9-7-5-3-1/h1-2,19-20H,3-18H2. The monoisotopic (exact) mass is 276 g/mol. The van der Waals surface area contributed by atoms with Crippen LogP contribution in [0, 0.1) is 0 Å². The minimum Gasteiger partial charge on any atom is -0.0885 e. The second-order valence-electron chi connectivity index (χ2n) is 6.34. The highest BCUT2D eigenvalue weighted by Crippen LogP contribution is 2.12. The minimum atomic E-state index is 1.31. The SMILES string of the molecule is C1=CCCCCCCCCC=CCCCCCCCC1. The third-order valence-corrected chi connectivity index (χ3v) is 4.32. The summed E-state index contributed by atoms with van der Waals surface area (Å²) in [4.78, 5) is 0. The lowest BCUT2D eigenvalue weighted by atomic mass is 10.1. The number of allylic oxidation sites excluding steroid dienone is 4. The van der Waals surface area contributed by atoms with Crippen LogP contribution in [-0.2, 0) is 0 Å². The molecule has 0 aromatic carbocycles. The van der Waals surface area contributed by atoms with E-state index < -0.39 is 0 Å². The molecule has 116 valence electrons. The molecule has 0 saturated carbocycles. The van der Waals surface area contributed by atoms with Crippen LogP contribution < -0.4 is 0 Å². The molecule has 0 aliphatic heterocycles. The number of hydrogen-bond donors (Lipinski definition) is 0. The Balaban J connectivity index is 2.11. The van der Waals surface area contributed by atoms with Crippen LogP contribution in [0.3, 0.4) is 0 Å². The second kappa shape index (κ2) is 14.9. The summed E-state index contributed by atoms with van der Waals surface area (Å²) >= 11 is 0. The minimum absolute atomic E-state index is 1.31. The Hall–Kier alpha value is -0.520. The third-order valence-electron chi connectivity index (χ3n) is 4.32. The molecule has 0 atom stereocenters. The molecule has 0 heterocycles. The summed E-state index contributed by atoms with van der Waals surface area (Å²) in [6, 6.07) is 0. The van der Waals surface area contributed by atoms with Gasteiger partial charge in [-0.15, -0.1) is 0 Å². The highest BCUT2D eigenvalue weighted by Gasteiger charge is 1.92. The molecule has 0 bridgehead atoms. The zero-order chi connectivity index (χ0) is 14.1. The summed E-state index contributed by atoms with van der Waals surface area (Å²) in [5.41, 5.74) is 0. The van der Waals surface area contributed by atoms with E-state index in [0.29, 0.717) is 0 Å². The molecule has 1 aliphatic rings. The molecule has 0 nitrogen and oxygen atoms in total. The molecule has 0 aromatic heterocycles. The molecule has 0 saturated heterocycles. The molecular weight excluding hydrogens is 240 g/mol. The average molecular weight is 277 g/mol. The lowest BCUT2D eigenvalue weighted by molar-refractivity contribution is 0.592. The van der Waals surface area contributed by atoms with Crippen LogP contribution in [0.4, 0.5) is 0 Å². The van der Waals surface area contributed by atoms with Crippen LogP contribution in [0.5, 0.6) is 0 Å². The first-order valence-electron chi connectivity index (χ1n) is 9.30. The van der Waals surface area contributed by atoms with Gasteiger partial charge in [-0.1, -0.05) is 75.7 Å². The van der Waals surface area contributed by atoms with Crippen LogP contribution in [-0.4, -0.2) is 0 Å². The van der Waals surface area contributed by atoms with Crippen molar-refractivity contribution in [2.24, 2.45) is 0 Å². The molecule has 0 aromatic rings. The van der Waals surface area contributed by atoms with Gasteiger partial charge >= 0.3 is 0 Å². The zero-order valence-corrected chi connectivity index (χ0v) is 13.6. The van der Waals surface area contributed by atoms with Gasteiger partial charge in [-0.3, -0.25) is 0 Å². The smallest absolute Gasteiger partial charge is 0.0351 e. The summed E-state index contributed by atoms with van der Waals surface area (Å²) < 4.78 is 0. The van der Waals surface area contributed by atoms with E-state index in [2.05, 4.69) is 24.3 Å². The molecule has 0 fully saturated rings. The van der Waals surface area contributed by atoms with E-state index in [4.69, 9.17) is 0 Å². The molecule has 0 heteroatoms. The first-order chi connectivity index (χ1) is 10.0. The lowest BCUT2D eigenvalue weighted by Gasteiger charge is -2.01. The van der Waals surface area contributed by atoms with E-state index in [-0.39, 0.29) is 0 Å². The zero-order valence-electron chi connectivity index (χ0n) is 13.6. The summed E-state index contributed by atoms with van der Waals surface area (Å²) in [5.74, 6) is 0. The summed E-state index contributed by atoms with van der Waals surface area (Å²) in [6.45, 7) is 0. The van der Waals surface area contributed by atoms with E-state index in [1.54, 1.807) is 0 Å². The van der Waals surface area contributed by atoms with Crippen LogP contribution in [0.1, 0.15) is 103 Å². The predicted molar refractivity (Wildman–Crippen MR) is 92.2 cm³/mol. The van der Waals surface area contributed by atoms with Gasteiger partial charge in [-0.05, 0) is 51.4 Å². The third kappa shape index (κ3) is 12.5. The maximum absolute atomic E-state index is 2.42. The normalized spacial score (nSPS) is 22.4. The molecular formula is C20H36. The Bertz CT molecular complexity index is 186. The van der Waals surface area contributed by atoms with Crippen molar-refractivity contribution in [1.29, 1.82) is 0 Å². The molecule has 0 amide bonds. The largest absolute Gasteiger partial charge is 0.0885 e. The van der Waals surface area contributed by atoms with E-state index in [1.807, 2.05) is 0 Å². The second-order valence-corrected chi connectivity index (χ2v) is 6.34. The van der Waals surface area contributed by atoms with E-state index in [0.717, 1.165) is 0 Å². The highest BCUT2D eigenvalue weighted by molar-refractivity contribution is 4.82. The lowest BCUT2D eigenvalue weighted by Crippen LogP contribution is -1.81. The Kier molecular flexibility index (Phi) is 13.0. The Morgan fingerprint density at radius 1 is 0.250 bits per heavy atom. The van der Waals surface area contributed by atoms with Gasteiger partial charge in [0.25, 0.3) is 0 Å². The Morgan fingerprint density at radius 2 is 0.450 bits per heavy atom. The molecule has 20 heavy (non-hydrogen) atoms. The van der Waals surface area contributed by atoms with Crippen molar-refractivity contribution in [3.8, 4) is 0 Å². The van der Waals surface area contributed by atoms with Crippen molar-refractivity contribution in [2.45, 2.75) is 103 Å². The molecule has 0 radical (unpaired) electrons. The summed E-state index contributed by atoms with van der Waals surface area (Å²) in [7, 11) is 0. The fourth-order valence-electron chi connectivity index (χ4n) is 2.93.